The summed E-state index contributed by atoms with van der Waals surface area (Å²) in [5.74, 6) is 0. The second-order valence-electron chi connectivity index (χ2n) is 2.63. The maximum atomic E-state index is 5.61. The molecular formula is C7H13N3. The summed E-state index contributed by atoms with van der Waals surface area (Å²) in [6.45, 7) is 1.99. The molecule has 0 amide bonds. The molecule has 0 fully saturated rings. The molecule has 0 aliphatic rings. The fourth-order valence-corrected chi connectivity index (χ4v) is 0.931. The fraction of sp³-hybridized carbons (Fsp3) is 0.571. The van der Waals surface area contributed by atoms with Gasteiger partial charge >= 0.3 is 0 Å². The Kier molecular flexibility index (Phi) is 2.06. The van der Waals surface area contributed by atoms with Crippen LogP contribution < -0.4 is 5.73 Å². The maximum Gasteiger partial charge on any atom is 0.0492 e. The van der Waals surface area contributed by atoms with Crippen molar-refractivity contribution in [3.8, 4) is 0 Å². The normalized spacial score (nSPS) is 13.5. The Labute approximate surface area is 60.8 Å². The Morgan fingerprint density at radius 3 is 2.90 bits per heavy atom. The average Bonchev–Trinajstić information content (AvgIpc) is 2.15. The highest BCUT2D eigenvalue weighted by Gasteiger charge is 2.00. The van der Waals surface area contributed by atoms with Crippen molar-refractivity contribution in [2.75, 3.05) is 0 Å². The molecule has 3 heteroatoms. The number of nitrogens with zero attached hydrogens (tertiary/aromatic N) is 2. The molecule has 3 nitrogen and oxygen atoms in total. The number of hydrogen-bond acceptors (Lipinski definition) is 2. The molecule has 0 radical (unpaired) electrons. The Bertz CT molecular complexity index is 202. The molecule has 0 aromatic carbocycles. The number of hydrogen-bond donors (Lipinski definition) is 1. The quantitative estimate of drug-likeness (QED) is 0.640. The molecule has 1 aromatic heterocycles. The van der Waals surface area contributed by atoms with Crippen molar-refractivity contribution in [3.05, 3.63) is 18.0 Å². The molecule has 10 heavy (non-hydrogen) atoms. The van der Waals surface area contributed by atoms with Crippen molar-refractivity contribution in [1.82, 2.24) is 9.78 Å². The third kappa shape index (κ3) is 1.57. The Morgan fingerprint density at radius 1 is 1.80 bits per heavy atom. The van der Waals surface area contributed by atoms with E-state index in [0.29, 0.717) is 0 Å². The fourth-order valence-electron chi connectivity index (χ4n) is 0.931. The molecule has 0 saturated heterocycles. The van der Waals surface area contributed by atoms with E-state index in [2.05, 4.69) is 5.10 Å². The largest absolute Gasteiger partial charge is 0.328 e. The topological polar surface area (TPSA) is 43.8 Å². The smallest absolute Gasteiger partial charge is 0.0492 e. The minimum atomic E-state index is 0.218. The molecule has 56 valence electrons. The van der Waals surface area contributed by atoms with E-state index < -0.39 is 0 Å². The van der Waals surface area contributed by atoms with E-state index in [-0.39, 0.29) is 6.04 Å². The molecule has 0 aliphatic heterocycles. The summed E-state index contributed by atoms with van der Waals surface area (Å²) in [7, 11) is 1.93. The zero-order valence-corrected chi connectivity index (χ0v) is 6.41. The van der Waals surface area contributed by atoms with Crippen LogP contribution >= 0.6 is 0 Å². The zero-order chi connectivity index (χ0) is 7.56. The van der Waals surface area contributed by atoms with Gasteiger partial charge in [-0.25, -0.2) is 0 Å². The molecule has 0 unspecified atom stereocenters. The summed E-state index contributed by atoms with van der Waals surface area (Å²) in [6.07, 6.45) is 2.69. The van der Waals surface area contributed by atoms with Crippen LogP contribution in [0.4, 0.5) is 0 Å². The molecule has 2 N–H and O–H groups in total. The van der Waals surface area contributed by atoms with Gasteiger partial charge in [0.25, 0.3) is 0 Å². The summed E-state index contributed by atoms with van der Waals surface area (Å²) < 4.78 is 1.85. The summed E-state index contributed by atoms with van der Waals surface area (Å²) in [6, 6.07) is 2.21. The molecule has 1 rings (SSSR count). The van der Waals surface area contributed by atoms with Crippen molar-refractivity contribution in [2.24, 2.45) is 12.8 Å². The summed E-state index contributed by atoms with van der Waals surface area (Å²) in [4.78, 5) is 0. The highest BCUT2D eigenvalue weighted by atomic mass is 15.3. The van der Waals surface area contributed by atoms with E-state index in [9.17, 15) is 0 Å². The maximum absolute atomic E-state index is 5.61. The van der Waals surface area contributed by atoms with Crippen LogP contribution in [0.3, 0.4) is 0 Å². The second kappa shape index (κ2) is 2.84. The van der Waals surface area contributed by atoms with E-state index in [1.165, 1.54) is 5.69 Å². The van der Waals surface area contributed by atoms with Gasteiger partial charge < -0.3 is 5.73 Å². The van der Waals surface area contributed by atoms with Crippen LogP contribution in [0.25, 0.3) is 0 Å². The van der Waals surface area contributed by atoms with E-state index in [0.717, 1.165) is 6.42 Å². The predicted molar refractivity (Wildman–Crippen MR) is 40.6 cm³/mol. The lowest BCUT2D eigenvalue weighted by molar-refractivity contribution is 0.650. The number of nitrogens with two attached hydrogens (primary N) is 1. The molecular weight excluding hydrogens is 126 g/mol. The lowest BCUT2D eigenvalue weighted by Gasteiger charge is -2.03. The Morgan fingerprint density at radius 2 is 2.50 bits per heavy atom. The van der Waals surface area contributed by atoms with Gasteiger partial charge in [-0.05, 0) is 13.0 Å². The molecule has 0 bridgehead atoms. The van der Waals surface area contributed by atoms with Crippen LogP contribution in [0.15, 0.2) is 12.3 Å². The van der Waals surface area contributed by atoms with Crippen molar-refractivity contribution in [2.45, 2.75) is 19.4 Å². The van der Waals surface area contributed by atoms with Gasteiger partial charge in [0.2, 0.25) is 0 Å². The van der Waals surface area contributed by atoms with Crippen LogP contribution in [0, 0.1) is 0 Å². The Balaban J connectivity index is 2.65. The van der Waals surface area contributed by atoms with Crippen molar-refractivity contribution in [3.63, 3.8) is 0 Å². The van der Waals surface area contributed by atoms with Crippen LogP contribution in [0.5, 0.6) is 0 Å². The molecule has 0 aliphatic carbocycles. The first-order valence-corrected chi connectivity index (χ1v) is 3.42. The minimum Gasteiger partial charge on any atom is -0.328 e. The van der Waals surface area contributed by atoms with Gasteiger partial charge in [-0.3, -0.25) is 4.68 Å². The van der Waals surface area contributed by atoms with Crippen molar-refractivity contribution < 1.29 is 0 Å². The van der Waals surface area contributed by atoms with Crippen LogP contribution in [-0.2, 0) is 13.5 Å². The number of aromatic nitrogens is 2. The molecule has 1 aromatic rings. The third-order valence-corrected chi connectivity index (χ3v) is 1.45. The standard InChI is InChI=1S/C7H13N3/c1-6(8)5-7-3-4-9-10(7)2/h3-4,6H,5,8H2,1-2H3/t6-/m1/s1. The Hall–Kier alpha value is -0.830. The van der Waals surface area contributed by atoms with Gasteiger partial charge in [-0.15, -0.1) is 0 Å². The molecule has 0 saturated carbocycles. The zero-order valence-electron chi connectivity index (χ0n) is 6.41. The van der Waals surface area contributed by atoms with E-state index in [1.807, 2.05) is 24.7 Å². The van der Waals surface area contributed by atoms with Gasteiger partial charge in [-0.2, -0.15) is 5.10 Å². The summed E-state index contributed by atoms with van der Waals surface area (Å²) in [5.41, 5.74) is 6.80. The van der Waals surface area contributed by atoms with Crippen LogP contribution in [-0.4, -0.2) is 15.8 Å². The van der Waals surface area contributed by atoms with Gasteiger partial charge in [0, 0.05) is 31.4 Å². The lowest BCUT2D eigenvalue weighted by Crippen LogP contribution is -2.19. The van der Waals surface area contributed by atoms with Crippen LogP contribution in [0.2, 0.25) is 0 Å². The average molecular weight is 139 g/mol. The van der Waals surface area contributed by atoms with Crippen molar-refractivity contribution in [1.29, 1.82) is 0 Å². The van der Waals surface area contributed by atoms with Gasteiger partial charge in [0.1, 0.15) is 0 Å². The monoisotopic (exact) mass is 139 g/mol. The first-order chi connectivity index (χ1) is 4.70. The first kappa shape index (κ1) is 7.28. The second-order valence-corrected chi connectivity index (χ2v) is 2.63. The van der Waals surface area contributed by atoms with Gasteiger partial charge in [0.05, 0.1) is 0 Å². The number of rotatable bonds is 2. The van der Waals surface area contributed by atoms with E-state index >= 15 is 0 Å². The third-order valence-electron chi connectivity index (χ3n) is 1.45. The van der Waals surface area contributed by atoms with Gasteiger partial charge in [-0.1, -0.05) is 0 Å². The highest BCUT2D eigenvalue weighted by Crippen LogP contribution is 1.98. The molecule has 1 heterocycles. The summed E-state index contributed by atoms with van der Waals surface area (Å²) in [5, 5.41) is 4.03. The van der Waals surface area contributed by atoms with E-state index in [4.69, 9.17) is 5.73 Å². The predicted octanol–water partition coefficient (Wildman–Crippen LogP) is 0.310. The SMILES string of the molecule is C[C@@H](N)Cc1ccnn1C. The van der Waals surface area contributed by atoms with E-state index in [1.54, 1.807) is 6.20 Å². The van der Waals surface area contributed by atoms with Gasteiger partial charge in [0.15, 0.2) is 0 Å². The highest BCUT2D eigenvalue weighted by molar-refractivity contribution is 5.01. The number of aryl methyl sites for hydroxylation is 1. The van der Waals surface area contributed by atoms with Crippen LogP contribution in [0.1, 0.15) is 12.6 Å². The van der Waals surface area contributed by atoms with Crippen molar-refractivity contribution >= 4 is 0 Å². The molecule has 0 spiro atoms. The minimum absolute atomic E-state index is 0.218. The molecule has 1 atom stereocenters. The summed E-state index contributed by atoms with van der Waals surface area (Å²) >= 11 is 0. The first-order valence-electron chi connectivity index (χ1n) is 3.42. The lowest BCUT2D eigenvalue weighted by atomic mass is 10.2.